The number of amides is 1. The number of benzene rings is 1. The number of para-hydroxylation sites is 1. The van der Waals surface area contributed by atoms with Crippen molar-refractivity contribution in [2.45, 2.75) is 34.6 Å². The molecule has 2 heterocycles. The van der Waals surface area contributed by atoms with Gasteiger partial charge in [0.15, 0.2) is 0 Å². The predicted octanol–water partition coefficient (Wildman–Crippen LogP) is 4.57. The number of aromatic nitrogens is 1. The molecule has 0 unspecified atom stereocenters. The first-order chi connectivity index (χ1) is 14.2. The number of methoxy groups -OCH3 is 1. The Bertz CT molecular complexity index is 1100. The zero-order valence-electron chi connectivity index (χ0n) is 18.5. The first-order valence-corrected chi connectivity index (χ1v) is 9.92. The van der Waals surface area contributed by atoms with Crippen LogP contribution in [0.1, 0.15) is 35.0 Å². The van der Waals surface area contributed by atoms with E-state index in [-0.39, 0.29) is 5.91 Å². The molecule has 0 radical (unpaired) electrons. The fraction of sp³-hybridized carbons (Fsp3) is 0.280. The standard InChI is InChI=1S/C25H28N2O3/c1-8-12-26-19(6)22(25(29)30-7)21(24(26)28)14-20-13-17(4)27(18(20)5)23-15(2)10-9-11-16(23)3/h8-11,13-14H,1,12H2,2-7H3/b21-14-. The van der Waals surface area contributed by atoms with E-state index in [1.54, 1.807) is 24.0 Å². The maximum Gasteiger partial charge on any atom is 0.340 e. The van der Waals surface area contributed by atoms with E-state index < -0.39 is 5.97 Å². The highest BCUT2D eigenvalue weighted by atomic mass is 16.5. The minimum Gasteiger partial charge on any atom is -0.465 e. The van der Waals surface area contributed by atoms with Gasteiger partial charge in [0.1, 0.15) is 0 Å². The number of rotatable bonds is 5. The lowest BCUT2D eigenvalue weighted by molar-refractivity contribution is -0.136. The van der Waals surface area contributed by atoms with Crippen LogP contribution in [0.25, 0.3) is 11.8 Å². The number of aryl methyl sites for hydroxylation is 3. The SMILES string of the molecule is C=CCN1C(=O)/C(=C\c2cc(C)n(-c3c(C)cccc3C)c2C)C(C(=O)OC)=C1C. The summed E-state index contributed by atoms with van der Waals surface area (Å²) in [5, 5.41) is 0. The predicted molar refractivity (Wildman–Crippen MR) is 119 cm³/mol. The summed E-state index contributed by atoms with van der Waals surface area (Å²) in [6.45, 7) is 14.1. The fourth-order valence-electron chi connectivity index (χ4n) is 4.17. The summed E-state index contributed by atoms with van der Waals surface area (Å²) in [5.41, 5.74) is 7.70. The number of carbonyl (C=O) groups excluding carboxylic acids is 2. The van der Waals surface area contributed by atoms with Gasteiger partial charge in [0.25, 0.3) is 5.91 Å². The second-order valence-corrected chi connectivity index (χ2v) is 7.62. The van der Waals surface area contributed by atoms with Crippen molar-refractivity contribution in [1.82, 2.24) is 9.47 Å². The van der Waals surface area contributed by atoms with Gasteiger partial charge in [-0.1, -0.05) is 24.3 Å². The smallest absolute Gasteiger partial charge is 0.340 e. The van der Waals surface area contributed by atoms with Gasteiger partial charge in [-0.2, -0.15) is 0 Å². The van der Waals surface area contributed by atoms with Crippen molar-refractivity contribution in [3.05, 3.63) is 81.8 Å². The van der Waals surface area contributed by atoms with E-state index in [0.717, 1.165) is 22.6 Å². The van der Waals surface area contributed by atoms with Crippen LogP contribution in [-0.2, 0) is 14.3 Å². The van der Waals surface area contributed by atoms with Gasteiger partial charge >= 0.3 is 5.97 Å². The Kier molecular flexibility index (Phi) is 5.83. The number of nitrogens with zero attached hydrogens (tertiary/aromatic N) is 2. The van der Waals surface area contributed by atoms with Crippen molar-refractivity contribution >= 4 is 18.0 Å². The van der Waals surface area contributed by atoms with Crippen LogP contribution < -0.4 is 0 Å². The Morgan fingerprint density at radius 2 is 1.77 bits per heavy atom. The minimum absolute atomic E-state index is 0.218. The molecule has 2 aromatic rings. The molecule has 1 amide bonds. The van der Waals surface area contributed by atoms with Crippen molar-refractivity contribution in [1.29, 1.82) is 0 Å². The third-order valence-electron chi connectivity index (χ3n) is 5.65. The molecule has 1 aliphatic rings. The van der Waals surface area contributed by atoms with Crippen molar-refractivity contribution in [2.75, 3.05) is 13.7 Å². The average molecular weight is 405 g/mol. The lowest BCUT2D eigenvalue weighted by Crippen LogP contribution is -2.25. The Morgan fingerprint density at radius 3 is 2.33 bits per heavy atom. The van der Waals surface area contributed by atoms with Crippen LogP contribution in [0, 0.1) is 27.7 Å². The van der Waals surface area contributed by atoms with Crippen LogP contribution in [0.4, 0.5) is 0 Å². The second-order valence-electron chi connectivity index (χ2n) is 7.62. The molecule has 30 heavy (non-hydrogen) atoms. The molecule has 3 rings (SSSR count). The molecule has 156 valence electrons. The van der Waals surface area contributed by atoms with Gasteiger partial charge < -0.3 is 14.2 Å². The monoisotopic (exact) mass is 404 g/mol. The van der Waals surface area contributed by atoms with Gasteiger partial charge in [0, 0.05) is 23.6 Å². The normalized spacial score (nSPS) is 15.3. The van der Waals surface area contributed by atoms with E-state index in [4.69, 9.17) is 4.74 Å². The first kappa shape index (κ1) is 21.4. The quantitative estimate of drug-likeness (QED) is 0.417. The highest BCUT2D eigenvalue weighted by Gasteiger charge is 2.36. The van der Waals surface area contributed by atoms with E-state index in [9.17, 15) is 9.59 Å². The average Bonchev–Trinajstić information content (AvgIpc) is 3.10. The summed E-state index contributed by atoms with van der Waals surface area (Å²) >= 11 is 0. The maximum absolute atomic E-state index is 13.1. The molecular formula is C25H28N2O3. The van der Waals surface area contributed by atoms with E-state index in [1.807, 2.05) is 26.0 Å². The van der Waals surface area contributed by atoms with E-state index >= 15 is 0 Å². The van der Waals surface area contributed by atoms with Gasteiger partial charge in [-0.15, -0.1) is 6.58 Å². The molecule has 5 nitrogen and oxygen atoms in total. The number of esters is 1. The van der Waals surface area contributed by atoms with Gasteiger partial charge in [-0.05, 0) is 63.5 Å². The van der Waals surface area contributed by atoms with Crippen molar-refractivity contribution < 1.29 is 14.3 Å². The number of ether oxygens (including phenoxy) is 1. The van der Waals surface area contributed by atoms with Gasteiger partial charge in [0.05, 0.1) is 23.9 Å². The fourth-order valence-corrected chi connectivity index (χ4v) is 4.17. The van der Waals surface area contributed by atoms with Crippen LogP contribution in [0.3, 0.4) is 0 Å². The van der Waals surface area contributed by atoms with E-state index in [0.29, 0.717) is 23.4 Å². The van der Waals surface area contributed by atoms with Crippen molar-refractivity contribution in [3.8, 4) is 5.69 Å². The molecular weight excluding hydrogens is 376 g/mol. The van der Waals surface area contributed by atoms with Crippen molar-refractivity contribution in [2.24, 2.45) is 0 Å². The van der Waals surface area contributed by atoms with Crippen LogP contribution in [-0.4, -0.2) is 35.0 Å². The summed E-state index contributed by atoms with van der Waals surface area (Å²) in [6.07, 6.45) is 3.44. The lowest BCUT2D eigenvalue weighted by Gasteiger charge is -2.16. The maximum atomic E-state index is 13.1. The molecule has 0 spiro atoms. The zero-order valence-corrected chi connectivity index (χ0v) is 18.5. The topological polar surface area (TPSA) is 51.5 Å². The summed E-state index contributed by atoms with van der Waals surface area (Å²) < 4.78 is 7.16. The second kappa shape index (κ2) is 8.19. The van der Waals surface area contributed by atoms with Gasteiger partial charge in [-0.3, -0.25) is 4.79 Å². The highest BCUT2D eigenvalue weighted by Crippen LogP contribution is 2.33. The van der Waals surface area contributed by atoms with Crippen LogP contribution >= 0.6 is 0 Å². The summed E-state index contributed by atoms with van der Waals surface area (Å²) in [7, 11) is 1.33. The Morgan fingerprint density at radius 1 is 1.13 bits per heavy atom. The van der Waals surface area contributed by atoms with Crippen LogP contribution in [0.15, 0.2) is 53.8 Å². The Labute approximate surface area is 178 Å². The van der Waals surface area contributed by atoms with E-state index in [2.05, 4.69) is 37.1 Å². The van der Waals surface area contributed by atoms with Crippen molar-refractivity contribution in [3.63, 3.8) is 0 Å². The molecule has 0 aliphatic carbocycles. The molecule has 1 aliphatic heterocycles. The largest absolute Gasteiger partial charge is 0.465 e. The number of hydrogen-bond acceptors (Lipinski definition) is 3. The third-order valence-corrected chi connectivity index (χ3v) is 5.65. The summed E-state index contributed by atoms with van der Waals surface area (Å²) in [6, 6.07) is 8.28. The minimum atomic E-state index is -0.512. The molecule has 1 aromatic carbocycles. The van der Waals surface area contributed by atoms with Gasteiger partial charge in [0.2, 0.25) is 0 Å². The Hall–Kier alpha value is -3.34. The molecule has 0 atom stereocenters. The Balaban J connectivity index is 2.19. The molecule has 0 saturated heterocycles. The van der Waals surface area contributed by atoms with Crippen LogP contribution in [0.5, 0.6) is 0 Å². The molecule has 5 heteroatoms. The number of allylic oxidation sites excluding steroid dienone is 1. The molecule has 0 fully saturated rings. The summed E-state index contributed by atoms with van der Waals surface area (Å²) in [5.74, 6) is -0.730. The molecule has 1 aromatic heterocycles. The highest BCUT2D eigenvalue weighted by molar-refractivity contribution is 6.16. The third kappa shape index (κ3) is 3.41. The van der Waals surface area contributed by atoms with Gasteiger partial charge in [-0.25, -0.2) is 4.79 Å². The molecule has 0 bridgehead atoms. The van der Waals surface area contributed by atoms with Crippen LogP contribution in [0.2, 0.25) is 0 Å². The zero-order chi connectivity index (χ0) is 22.2. The molecule has 0 N–H and O–H groups in total. The number of carbonyl (C=O) groups is 2. The van der Waals surface area contributed by atoms with E-state index in [1.165, 1.54) is 18.2 Å². The first-order valence-electron chi connectivity index (χ1n) is 9.92. The molecule has 0 saturated carbocycles. The number of hydrogen-bond donors (Lipinski definition) is 0. The summed E-state index contributed by atoms with van der Waals surface area (Å²) in [4.78, 5) is 27.1. The lowest BCUT2D eigenvalue weighted by atomic mass is 10.0.